The molecule has 0 atom stereocenters. The molecule has 2 amide bonds. The van der Waals surface area contributed by atoms with Gasteiger partial charge in [-0.25, -0.2) is 0 Å². The molecule has 0 radical (unpaired) electrons. The van der Waals surface area contributed by atoms with E-state index in [2.05, 4.69) is 36.5 Å². The van der Waals surface area contributed by atoms with Crippen LogP contribution >= 0.6 is 15.9 Å². The highest BCUT2D eigenvalue weighted by Crippen LogP contribution is 2.30. The number of H-pyrrole nitrogens is 1. The number of ether oxygens (including phenoxy) is 2. The van der Waals surface area contributed by atoms with Crippen LogP contribution in [-0.4, -0.2) is 30.0 Å². The molecule has 0 bridgehead atoms. The van der Waals surface area contributed by atoms with E-state index in [1.165, 1.54) is 30.4 Å². The average Bonchev–Trinajstić information content (AvgIpc) is 3.06. The number of benzene rings is 1. The van der Waals surface area contributed by atoms with Crippen LogP contribution in [0.2, 0.25) is 0 Å². The first-order chi connectivity index (χ1) is 12.9. The first-order valence-corrected chi connectivity index (χ1v) is 8.52. The number of halogens is 3. The van der Waals surface area contributed by atoms with E-state index < -0.39 is 18.4 Å². The van der Waals surface area contributed by atoms with Crippen LogP contribution in [0.5, 0.6) is 11.5 Å². The third kappa shape index (κ3) is 6.41. The van der Waals surface area contributed by atoms with E-state index in [4.69, 9.17) is 4.74 Å². The topological polar surface area (TPSA) is 92.5 Å². The predicted molar refractivity (Wildman–Crippen MR) is 97.4 cm³/mol. The zero-order valence-corrected chi connectivity index (χ0v) is 15.7. The number of aromatic amines is 1. The van der Waals surface area contributed by atoms with Crippen molar-refractivity contribution in [1.82, 2.24) is 15.8 Å². The van der Waals surface area contributed by atoms with Gasteiger partial charge in [0, 0.05) is 16.7 Å². The molecule has 1 aromatic carbocycles. The summed E-state index contributed by atoms with van der Waals surface area (Å²) in [5.74, 6) is -1.07. The number of hydrogen-bond acceptors (Lipinski definition) is 4. The quantitative estimate of drug-likeness (QED) is 0.452. The summed E-state index contributed by atoms with van der Waals surface area (Å²) in [6.45, 7) is -1.01. The Kier molecular flexibility index (Phi) is 7.35. The molecular weight excluding hydrogens is 428 g/mol. The molecule has 0 saturated carbocycles. The molecule has 144 valence electrons. The van der Waals surface area contributed by atoms with Gasteiger partial charge in [-0.15, -0.1) is 0 Å². The number of alkyl halides is 2. The lowest BCUT2D eigenvalue weighted by molar-refractivity contribution is -0.117. The Labute approximate surface area is 161 Å². The number of carbonyl (C=O) groups excluding carboxylic acids is 2. The van der Waals surface area contributed by atoms with Crippen LogP contribution in [0.3, 0.4) is 0 Å². The normalized spacial score (nSPS) is 10.9. The van der Waals surface area contributed by atoms with Crippen molar-refractivity contribution in [2.75, 3.05) is 6.61 Å². The first-order valence-electron chi connectivity index (χ1n) is 7.73. The second-order valence-corrected chi connectivity index (χ2v) is 5.94. The molecule has 1 heterocycles. The second-order valence-electron chi connectivity index (χ2n) is 5.03. The average molecular weight is 444 g/mol. The summed E-state index contributed by atoms with van der Waals surface area (Å²) in [7, 11) is 0. The molecule has 1 aromatic heterocycles. The van der Waals surface area contributed by atoms with Crippen LogP contribution in [0, 0.1) is 0 Å². The number of hydrogen-bond donors (Lipinski definition) is 3. The Morgan fingerprint density at radius 2 is 2.04 bits per heavy atom. The Morgan fingerprint density at radius 1 is 1.26 bits per heavy atom. The summed E-state index contributed by atoms with van der Waals surface area (Å²) in [6.07, 6.45) is 4.18. The molecule has 7 nitrogen and oxygen atoms in total. The van der Waals surface area contributed by atoms with Gasteiger partial charge in [-0.2, -0.15) is 8.78 Å². The highest BCUT2D eigenvalue weighted by atomic mass is 79.9. The molecule has 0 spiro atoms. The third-order valence-electron chi connectivity index (χ3n) is 3.10. The van der Waals surface area contributed by atoms with Crippen molar-refractivity contribution in [2.45, 2.75) is 13.5 Å². The van der Waals surface area contributed by atoms with Crippen LogP contribution in [0.4, 0.5) is 8.78 Å². The van der Waals surface area contributed by atoms with Crippen LogP contribution in [0.1, 0.15) is 23.0 Å². The van der Waals surface area contributed by atoms with Gasteiger partial charge in [0.2, 0.25) is 0 Å². The van der Waals surface area contributed by atoms with Crippen LogP contribution in [0.25, 0.3) is 6.08 Å². The summed E-state index contributed by atoms with van der Waals surface area (Å²) in [5.41, 5.74) is 5.25. The van der Waals surface area contributed by atoms with Gasteiger partial charge in [0.05, 0.1) is 6.61 Å². The van der Waals surface area contributed by atoms with Crippen molar-refractivity contribution in [2.24, 2.45) is 0 Å². The number of amides is 2. The van der Waals surface area contributed by atoms with Crippen LogP contribution in [-0.2, 0) is 4.79 Å². The highest BCUT2D eigenvalue weighted by Gasteiger charge is 2.11. The number of hydrazine groups is 1. The lowest BCUT2D eigenvalue weighted by Crippen LogP contribution is -2.40. The van der Waals surface area contributed by atoms with Crippen LogP contribution < -0.4 is 20.3 Å². The summed E-state index contributed by atoms with van der Waals surface area (Å²) in [4.78, 5) is 26.3. The lowest BCUT2D eigenvalue weighted by Gasteiger charge is -2.11. The fraction of sp³-hybridized carbons (Fsp3) is 0.176. The number of carbonyl (C=O) groups is 2. The monoisotopic (exact) mass is 443 g/mol. The Morgan fingerprint density at radius 3 is 2.67 bits per heavy atom. The fourth-order valence-electron chi connectivity index (χ4n) is 1.99. The highest BCUT2D eigenvalue weighted by molar-refractivity contribution is 9.10. The molecule has 0 unspecified atom stereocenters. The van der Waals surface area contributed by atoms with E-state index in [0.29, 0.717) is 10.0 Å². The maximum atomic E-state index is 12.4. The van der Waals surface area contributed by atoms with Gasteiger partial charge < -0.3 is 14.5 Å². The minimum Gasteiger partial charge on any atom is -0.490 e. The van der Waals surface area contributed by atoms with E-state index in [1.54, 1.807) is 19.2 Å². The molecule has 2 rings (SSSR count). The molecule has 0 saturated heterocycles. The molecule has 0 aliphatic heterocycles. The van der Waals surface area contributed by atoms with Crippen molar-refractivity contribution in [1.29, 1.82) is 0 Å². The number of nitrogens with one attached hydrogen (secondary N) is 3. The zero-order valence-electron chi connectivity index (χ0n) is 14.1. The van der Waals surface area contributed by atoms with Gasteiger partial charge in [0.1, 0.15) is 5.69 Å². The van der Waals surface area contributed by atoms with E-state index in [9.17, 15) is 18.4 Å². The minimum absolute atomic E-state index is 0.0992. The van der Waals surface area contributed by atoms with Gasteiger partial charge in [-0.1, -0.05) is 6.07 Å². The van der Waals surface area contributed by atoms with Gasteiger partial charge in [0.15, 0.2) is 11.5 Å². The minimum atomic E-state index is -2.97. The largest absolute Gasteiger partial charge is 0.490 e. The molecule has 0 aliphatic rings. The van der Waals surface area contributed by atoms with Crippen molar-refractivity contribution in [3.8, 4) is 11.5 Å². The lowest BCUT2D eigenvalue weighted by atomic mass is 10.2. The predicted octanol–water partition coefficient (Wildman–Crippen LogP) is 3.25. The van der Waals surface area contributed by atoms with E-state index in [0.717, 1.165) is 0 Å². The van der Waals surface area contributed by atoms with Gasteiger partial charge in [0.25, 0.3) is 11.8 Å². The SMILES string of the molecule is CCOc1cc(/C=C/C(=O)NNC(=O)c2cc(Br)c[nH]2)ccc1OC(F)F. The molecule has 3 N–H and O–H groups in total. The second kappa shape index (κ2) is 9.72. The Hall–Kier alpha value is -2.88. The molecule has 0 fully saturated rings. The van der Waals surface area contributed by atoms with Gasteiger partial charge in [-0.3, -0.25) is 20.4 Å². The van der Waals surface area contributed by atoms with Crippen molar-refractivity contribution in [3.05, 3.63) is 52.3 Å². The van der Waals surface area contributed by atoms with E-state index in [1.807, 2.05) is 0 Å². The summed E-state index contributed by atoms with van der Waals surface area (Å²) in [5, 5.41) is 0. The van der Waals surface area contributed by atoms with Crippen molar-refractivity contribution >= 4 is 33.8 Å². The van der Waals surface area contributed by atoms with Crippen LogP contribution in [0.15, 0.2) is 41.0 Å². The molecular formula is C17H16BrF2N3O4. The zero-order chi connectivity index (χ0) is 19.8. The smallest absolute Gasteiger partial charge is 0.387 e. The maximum absolute atomic E-state index is 12.4. The molecule has 0 aliphatic carbocycles. The number of aromatic nitrogens is 1. The maximum Gasteiger partial charge on any atom is 0.387 e. The third-order valence-corrected chi connectivity index (χ3v) is 3.56. The molecule has 2 aromatic rings. The summed E-state index contributed by atoms with van der Waals surface area (Å²) in [6, 6.07) is 5.81. The van der Waals surface area contributed by atoms with Gasteiger partial charge in [-0.05, 0) is 52.7 Å². The Balaban J connectivity index is 1.96. The van der Waals surface area contributed by atoms with E-state index >= 15 is 0 Å². The van der Waals surface area contributed by atoms with Crippen molar-refractivity contribution < 1.29 is 27.8 Å². The standard InChI is InChI=1S/C17H16BrF2N3O4/c1-2-26-14-7-10(3-5-13(14)27-17(19)20)4-6-15(24)22-23-16(25)12-8-11(18)9-21-12/h3-9,17,21H,2H2,1H3,(H,22,24)(H,23,25)/b6-4+. The van der Waals surface area contributed by atoms with Gasteiger partial charge >= 0.3 is 6.61 Å². The van der Waals surface area contributed by atoms with E-state index in [-0.39, 0.29) is 23.8 Å². The molecule has 27 heavy (non-hydrogen) atoms. The molecule has 10 heteroatoms. The fourth-order valence-corrected chi connectivity index (χ4v) is 2.33. The summed E-state index contributed by atoms with van der Waals surface area (Å²) >= 11 is 3.20. The van der Waals surface area contributed by atoms with Crippen molar-refractivity contribution in [3.63, 3.8) is 0 Å². The summed E-state index contributed by atoms with van der Waals surface area (Å²) < 4.78 is 35.1. The first kappa shape index (κ1) is 20.4. The number of rotatable bonds is 7. The Bertz CT molecular complexity index is 839.